The Morgan fingerprint density at radius 3 is 2.15 bits per heavy atom. The van der Waals surface area contributed by atoms with E-state index in [2.05, 4.69) is 68.0 Å². The molecule has 61 heavy (non-hydrogen) atoms. The normalized spacial score (nSPS) is 25.3. The number of aryl methyl sites for hydroxylation is 2. The molecule has 13 heteroatoms. The van der Waals surface area contributed by atoms with E-state index in [0.717, 1.165) is 59.9 Å². The molecule has 5 amide bonds. The number of anilines is 1. The minimum Gasteiger partial charge on any atom is -0.490 e. The highest BCUT2D eigenvalue weighted by Gasteiger charge is 2.64. The maximum Gasteiger partial charge on any atom is 0.262 e. The first-order valence-electron chi connectivity index (χ1n) is 21.5. The van der Waals surface area contributed by atoms with E-state index in [1.54, 1.807) is 18.2 Å². The molecule has 3 aromatic rings. The van der Waals surface area contributed by atoms with Gasteiger partial charge in [0.2, 0.25) is 11.8 Å². The lowest BCUT2D eigenvalue weighted by atomic mass is 9.49. The largest absolute Gasteiger partial charge is 0.490 e. The zero-order valence-corrected chi connectivity index (χ0v) is 36.3. The molecule has 0 spiro atoms. The number of nitrogens with one attached hydrogen (secondary N) is 2. The zero-order chi connectivity index (χ0) is 43.7. The Bertz CT molecular complexity index is 2300. The van der Waals surface area contributed by atoms with Crippen LogP contribution in [0.15, 0.2) is 54.6 Å². The van der Waals surface area contributed by atoms with Gasteiger partial charge in [-0.3, -0.25) is 39.1 Å². The quantitative estimate of drug-likeness (QED) is 0.209. The monoisotopic (exact) mass is 828 g/mol. The Kier molecular flexibility index (Phi) is 10.7. The van der Waals surface area contributed by atoms with Crippen LogP contribution in [0.3, 0.4) is 0 Å². The summed E-state index contributed by atoms with van der Waals surface area (Å²) in [6, 6.07) is 18.5. The molecule has 2 saturated heterocycles. The molecule has 0 radical (unpaired) electrons. The number of carbonyl (C=O) groups is 5. The number of fused-ring (bicyclic) bond motifs is 1. The summed E-state index contributed by atoms with van der Waals surface area (Å²) in [4.78, 5) is 69.9. The van der Waals surface area contributed by atoms with E-state index in [-0.39, 0.29) is 59.0 Å². The van der Waals surface area contributed by atoms with Crippen LogP contribution in [-0.4, -0.2) is 95.3 Å². The zero-order valence-electron chi connectivity index (χ0n) is 36.3. The van der Waals surface area contributed by atoms with Crippen molar-refractivity contribution < 1.29 is 33.4 Å². The molecule has 0 unspecified atom stereocenters. The maximum absolute atomic E-state index is 13.6. The number of hydrogen-bond donors (Lipinski definition) is 2. The number of rotatable bonds is 12. The van der Waals surface area contributed by atoms with E-state index in [0.29, 0.717) is 34.9 Å². The van der Waals surface area contributed by atoms with Gasteiger partial charge in [0.1, 0.15) is 29.7 Å². The van der Waals surface area contributed by atoms with E-state index in [1.165, 1.54) is 0 Å². The van der Waals surface area contributed by atoms with Gasteiger partial charge in [0.25, 0.3) is 17.7 Å². The molecule has 5 aliphatic rings. The Labute approximate surface area is 357 Å². The molecule has 320 valence electrons. The van der Waals surface area contributed by atoms with Crippen LogP contribution in [0.5, 0.6) is 11.5 Å². The summed E-state index contributed by atoms with van der Waals surface area (Å²) in [6.07, 6.45) is 1.74. The van der Waals surface area contributed by atoms with Gasteiger partial charge in [0.15, 0.2) is 0 Å². The van der Waals surface area contributed by atoms with Gasteiger partial charge in [-0.15, -0.1) is 0 Å². The first kappa shape index (κ1) is 42.0. The van der Waals surface area contributed by atoms with Gasteiger partial charge in [-0.2, -0.15) is 5.26 Å². The maximum atomic E-state index is 13.6. The summed E-state index contributed by atoms with van der Waals surface area (Å²) < 4.78 is 12.8. The van der Waals surface area contributed by atoms with E-state index < -0.39 is 29.7 Å². The van der Waals surface area contributed by atoms with Crippen LogP contribution in [0.4, 0.5) is 5.69 Å². The van der Waals surface area contributed by atoms with Gasteiger partial charge in [-0.25, -0.2) is 0 Å². The summed E-state index contributed by atoms with van der Waals surface area (Å²) in [5.74, 6) is -0.447. The minimum atomic E-state index is -1.00. The number of nitrogens with zero attached hydrogens (tertiary/aromatic N) is 4. The van der Waals surface area contributed by atoms with Crippen LogP contribution in [0.2, 0.25) is 0 Å². The van der Waals surface area contributed by atoms with Crippen molar-refractivity contribution in [3.63, 3.8) is 0 Å². The van der Waals surface area contributed by atoms with E-state index >= 15 is 0 Å². The number of benzene rings is 3. The molecule has 0 bridgehead atoms. The third-order valence-electron chi connectivity index (χ3n) is 13.8. The summed E-state index contributed by atoms with van der Waals surface area (Å²) in [5, 5.41) is 15.0. The third-order valence-corrected chi connectivity index (χ3v) is 13.8. The van der Waals surface area contributed by atoms with E-state index in [4.69, 9.17) is 9.47 Å². The fraction of sp³-hybridized carbons (Fsp3) is 0.500. The van der Waals surface area contributed by atoms with Gasteiger partial charge in [0.05, 0.1) is 22.8 Å². The summed E-state index contributed by atoms with van der Waals surface area (Å²) in [5.41, 5.74) is 3.98. The molecule has 4 fully saturated rings. The lowest BCUT2D eigenvalue weighted by molar-refractivity contribution is -0.164. The van der Waals surface area contributed by atoms with Crippen LogP contribution < -0.4 is 25.0 Å². The van der Waals surface area contributed by atoms with E-state index in [9.17, 15) is 29.2 Å². The second kappa shape index (κ2) is 15.6. The first-order valence-corrected chi connectivity index (χ1v) is 21.5. The molecule has 13 nitrogen and oxygen atoms in total. The van der Waals surface area contributed by atoms with E-state index in [1.807, 2.05) is 50.2 Å². The average molecular weight is 829 g/mol. The van der Waals surface area contributed by atoms with Gasteiger partial charge in [-0.05, 0) is 99.8 Å². The Morgan fingerprint density at radius 2 is 1.54 bits per heavy atom. The molecular formula is C48H56N6O7. The van der Waals surface area contributed by atoms with Crippen LogP contribution in [0.25, 0.3) is 0 Å². The predicted molar refractivity (Wildman–Crippen MR) is 228 cm³/mol. The van der Waals surface area contributed by atoms with Crippen molar-refractivity contribution in [2.75, 3.05) is 24.5 Å². The molecule has 3 heterocycles. The molecule has 2 saturated carbocycles. The standard InChI is InChI=1S/C48H56N6O7/c1-26(2)53(32-19-35(20-32)60-33-13-14-36-37(21-33)44(59)54(43(36)58)39-15-16-40(55)50-42(39)57)25-29-23-52(24-29)31-11-9-30(10-12-31)41(56)51-45-47(5,6)46(48(45,7)8)61-34-17-27(3)38(22-49)28(4)18-34/h9-14,17-18,21,26,29,32,35,39,45-46H,15-16,19-20,23-25H2,1-8H3,(H,51,56)(H,50,55,57)/t32?,35?,39-,45?,46?/m1/s1. The van der Waals surface area contributed by atoms with Gasteiger partial charge < -0.3 is 19.7 Å². The van der Waals surface area contributed by atoms with Gasteiger partial charge in [0, 0.05) is 85.0 Å². The topological polar surface area (TPSA) is 161 Å². The number of imide groups is 2. The van der Waals surface area contributed by atoms with Crippen molar-refractivity contribution in [3.8, 4) is 17.6 Å². The summed E-state index contributed by atoms with van der Waals surface area (Å²) in [7, 11) is 0. The molecule has 1 atom stereocenters. The number of piperidine rings is 1. The molecule has 2 aliphatic carbocycles. The smallest absolute Gasteiger partial charge is 0.262 e. The third kappa shape index (κ3) is 7.53. The Morgan fingerprint density at radius 1 is 0.902 bits per heavy atom. The Balaban J connectivity index is 0.801. The predicted octanol–water partition coefficient (Wildman–Crippen LogP) is 5.94. The number of nitriles is 1. The lowest BCUT2D eigenvalue weighted by Gasteiger charge is -2.63. The van der Waals surface area contributed by atoms with Crippen molar-refractivity contribution in [1.29, 1.82) is 5.26 Å². The Hall–Kier alpha value is -5.74. The lowest BCUT2D eigenvalue weighted by Crippen LogP contribution is -2.74. The molecular weight excluding hydrogens is 773 g/mol. The van der Waals surface area contributed by atoms with Gasteiger partial charge >= 0.3 is 0 Å². The van der Waals surface area contributed by atoms with Crippen LogP contribution in [0, 0.1) is 41.9 Å². The van der Waals surface area contributed by atoms with Crippen LogP contribution >= 0.6 is 0 Å². The van der Waals surface area contributed by atoms with Crippen LogP contribution in [0.1, 0.15) is 115 Å². The molecule has 3 aromatic carbocycles. The van der Waals surface area contributed by atoms with Crippen molar-refractivity contribution in [2.24, 2.45) is 16.7 Å². The first-order chi connectivity index (χ1) is 28.9. The minimum absolute atomic E-state index is 0.0184. The van der Waals surface area contributed by atoms with Crippen molar-refractivity contribution >= 4 is 35.2 Å². The fourth-order valence-corrected chi connectivity index (χ4v) is 10.7. The van der Waals surface area contributed by atoms with Crippen molar-refractivity contribution in [1.82, 2.24) is 20.4 Å². The molecule has 2 N–H and O–H groups in total. The van der Waals surface area contributed by atoms with Gasteiger partial charge in [-0.1, -0.05) is 27.7 Å². The highest BCUT2D eigenvalue weighted by atomic mass is 16.5. The number of amides is 5. The van der Waals surface area contributed by atoms with Crippen molar-refractivity contribution in [3.05, 3.63) is 88.0 Å². The fourth-order valence-electron chi connectivity index (χ4n) is 10.7. The second-order valence-electron chi connectivity index (χ2n) is 19.2. The highest BCUT2D eigenvalue weighted by molar-refractivity contribution is 6.23. The van der Waals surface area contributed by atoms with Crippen molar-refractivity contribution in [2.45, 2.75) is 117 Å². The molecule has 8 rings (SSSR count). The molecule has 0 aromatic heterocycles. The molecule has 3 aliphatic heterocycles. The highest BCUT2D eigenvalue weighted by Crippen LogP contribution is 2.55. The number of carbonyl (C=O) groups excluding carboxylic acids is 5. The summed E-state index contributed by atoms with van der Waals surface area (Å²) >= 11 is 0. The number of hydrogen-bond acceptors (Lipinski definition) is 10. The average Bonchev–Trinajstić information content (AvgIpc) is 3.41. The number of ether oxygens (including phenoxy) is 2. The SMILES string of the molecule is Cc1cc(OC2C(C)(C)C(NC(=O)c3ccc(N4CC(CN(C(C)C)C5CC(Oc6ccc7c(c6)C(=O)N([C@@H]6CCC(=O)NC6=O)C7=O)C5)C4)cc3)C2(C)C)cc(C)c1C#N. The van der Waals surface area contributed by atoms with Crippen LogP contribution in [-0.2, 0) is 9.59 Å². The second-order valence-corrected chi connectivity index (χ2v) is 19.2. The summed E-state index contributed by atoms with van der Waals surface area (Å²) in [6.45, 7) is 19.7.